The van der Waals surface area contributed by atoms with Crippen molar-refractivity contribution >= 4 is 11.3 Å². The molecule has 4 rings (SSSR count). The molecule has 1 aliphatic rings. The number of pyridine rings is 1. The van der Waals surface area contributed by atoms with Crippen molar-refractivity contribution in [3.8, 4) is 0 Å². The summed E-state index contributed by atoms with van der Waals surface area (Å²) in [5.41, 5.74) is 0.471. The van der Waals surface area contributed by atoms with Crippen molar-refractivity contribution in [2.75, 3.05) is 31.1 Å². The molecule has 3 heterocycles. The lowest BCUT2D eigenvalue weighted by molar-refractivity contribution is -0.137. The highest BCUT2D eigenvalue weighted by atomic mass is 19.4. The number of alkyl halides is 3. The van der Waals surface area contributed by atoms with Crippen LogP contribution in [0.3, 0.4) is 0 Å². The first-order valence-corrected chi connectivity index (χ1v) is 10.0. The van der Waals surface area contributed by atoms with E-state index in [2.05, 4.69) is 16.9 Å². The Balaban J connectivity index is 1.34. The number of anilines is 1. The number of aromatic nitrogens is 3. The zero-order chi connectivity index (χ0) is 21.3. The molecule has 1 fully saturated rings. The van der Waals surface area contributed by atoms with Crippen molar-refractivity contribution in [2.24, 2.45) is 0 Å². The first-order valence-electron chi connectivity index (χ1n) is 10.0. The first-order chi connectivity index (χ1) is 14.3. The molecule has 160 valence electrons. The minimum Gasteiger partial charge on any atom is -0.369 e. The summed E-state index contributed by atoms with van der Waals surface area (Å²) in [5, 5.41) is 4.36. The van der Waals surface area contributed by atoms with Crippen LogP contribution in [0.2, 0.25) is 0 Å². The van der Waals surface area contributed by atoms with Crippen LogP contribution in [0, 0.1) is 0 Å². The lowest BCUT2D eigenvalue weighted by atomic mass is 10.1. The molecular weight excluding hydrogens is 395 g/mol. The zero-order valence-electron chi connectivity index (χ0n) is 16.7. The molecule has 0 radical (unpaired) electrons. The van der Waals surface area contributed by atoms with E-state index in [0.717, 1.165) is 25.6 Å². The van der Waals surface area contributed by atoms with Gasteiger partial charge >= 0.3 is 11.9 Å². The Kier molecular flexibility index (Phi) is 5.55. The van der Waals surface area contributed by atoms with Gasteiger partial charge in [0.25, 0.3) is 0 Å². The molecule has 1 aromatic carbocycles. The second-order valence-electron chi connectivity index (χ2n) is 7.64. The van der Waals surface area contributed by atoms with Gasteiger partial charge in [0, 0.05) is 50.6 Å². The van der Waals surface area contributed by atoms with E-state index in [1.54, 1.807) is 24.4 Å². The highest BCUT2D eigenvalue weighted by molar-refractivity contribution is 5.49. The number of piperazine rings is 1. The standard InChI is InChI=1S/C21H24F3N5O/c1-16(8-10-29-20(30)28-9-3-2-7-19(28)25-29)26-11-13-27(14-12-26)18-6-4-5-17(15-18)21(22,23)24/h2-7,9,15-16H,8,10-14H2,1H3. The molecule has 0 spiro atoms. The highest BCUT2D eigenvalue weighted by Gasteiger charge is 2.31. The number of nitrogens with zero attached hydrogens (tertiary/aromatic N) is 5. The van der Waals surface area contributed by atoms with Crippen LogP contribution in [-0.4, -0.2) is 51.3 Å². The van der Waals surface area contributed by atoms with E-state index in [9.17, 15) is 18.0 Å². The Morgan fingerprint density at radius 3 is 2.53 bits per heavy atom. The maximum absolute atomic E-state index is 13.0. The summed E-state index contributed by atoms with van der Waals surface area (Å²) < 4.78 is 41.9. The van der Waals surface area contributed by atoms with Crippen molar-refractivity contribution in [2.45, 2.75) is 32.1 Å². The molecule has 2 aromatic heterocycles. The van der Waals surface area contributed by atoms with Gasteiger partial charge < -0.3 is 4.90 Å². The molecule has 0 aliphatic carbocycles. The van der Waals surface area contributed by atoms with E-state index in [1.807, 2.05) is 11.0 Å². The van der Waals surface area contributed by atoms with Crippen LogP contribution >= 0.6 is 0 Å². The van der Waals surface area contributed by atoms with Gasteiger partial charge in [0.15, 0.2) is 5.65 Å². The lowest BCUT2D eigenvalue weighted by Crippen LogP contribution is -2.50. The minimum absolute atomic E-state index is 0.146. The Morgan fingerprint density at radius 1 is 1.07 bits per heavy atom. The van der Waals surface area contributed by atoms with E-state index in [1.165, 1.54) is 21.2 Å². The maximum atomic E-state index is 13.0. The molecule has 1 atom stereocenters. The van der Waals surface area contributed by atoms with Gasteiger partial charge in [-0.25, -0.2) is 9.48 Å². The van der Waals surface area contributed by atoms with Crippen LogP contribution in [0.5, 0.6) is 0 Å². The number of fused-ring (bicyclic) bond motifs is 1. The van der Waals surface area contributed by atoms with Gasteiger partial charge in [-0.05, 0) is 43.7 Å². The number of aryl methyl sites for hydroxylation is 1. The molecule has 3 aromatic rings. The van der Waals surface area contributed by atoms with Gasteiger partial charge in [-0.3, -0.25) is 9.30 Å². The van der Waals surface area contributed by atoms with Gasteiger partial charge in [-0.15, -0.1) is 5.10 Å². The molecule has 0 N–H and O–H groups in total. The van der Waals surface area contributed by atoms with Crippen LogP contribution in [0.15, 0.2) is 53.5 Å². The Bertz CT molecular complexity index is 1070. The topological polar surface area (TPSA) is 45.8 Å². The summed E-state index contributed by atoms with van der Waals surface area (Å²) >= 11 is 0. The molecule has 1 saturated heterocycles. The first kappa shape index (κ1) is 20.5. The molecule has 0 saturated carbocycles. The molecule has 30 heavy (non-hydrogen) atoms. The van der Waals surface area contributed by atoms with Gasteiger partial charge in [0.1, 0.15) is 0 Å². The molecule has 0 amide bonds. The average molecular weight is 419 g/mol. The predicted octanol–water partition coefficient (Wildman–Crippen LogP) is 3.12. The van der Waals surface area contributed by atoms with Gasteiger partial charge in [0.05, 0.1) is 5.56 Å². The summed E-state index contributed by atoms with van der Waals surface area (Å²) in [6.07, 6.45) is -1.85. The average Bonchev–Trinajstić information content (AvgIpc) is 3.07. The fraction of sp³-hybridized carbons (Fsp3) is 0.429. The molecular formula is C21H24F3N5O. The van der Waals surface area contributed by atoms with Gasteiger partial charge in [0.2, 0.25) is 0 Å². The Hall–Kier alpha value is -2.81. The number of hydrogen-bond donors (Lipinski definition) is 0. The Morgan fingerprint density at radius 2 is 1.83 bits per heavy atom. The van der Waals surface area contributed by atoms with Crippen molar-refractivity contribution < 1.29 is 13.2 Å². The second kappa shape index (κ2) is 8.14. The van der Waals surface area contributed by atoms with Crippen LogP contribution in [-0.2, 0) is 12.7 Å². The largest absolute Gasteiger partial charge is 0.416 e. The molecule has 1 unspecified atom stereocenters. The third kappa shape index (κ3) is 4.21. The minimum atomic E-state index is -4.33. The highest BCUT2D eigenvalue weighted by Crippen LogP contribution is 2.32. The summed E-state index contributed by atoms with van der Waals surface area (Å²) in [4.78, 5) is 16.7. The van der Waals surface area contributed by atoms with Crippen LogP contribution < -0.4 is 10.6 Å². The summed E-state index contributed by atoms with van der Waals surface area (Å²) in [5.74, 6) is 0. The zero-order valence-corrected chi connectivity index (χ0v) is 16.7. The number of hydrogen-bond acceptors (Lipinski definition) is 4. The summed E-state index contributed by atoms with van der Waals surface area (Å²) in [6, 6.07) is 11.2. The lowest BCUT2D eigenvalue weighted by Gasteiger charge is -2.39. The number of benzene rings is 1. The van der Waals surface area contributed by atoms with E-state index in [-0.39, 0.29) is 11.7 Å². The fourth-order valence-corrected chi connectivity index (χ4v) is 3.91. The van der Waals surface area contributed by atoms with E-state index < -0.39 is 11.7 Å². The molecule has 1 aliphatic heterocycles. The third-order valence-corrected chi connectivity index (χ3v) is 5.72. The molecule has 6 nitrogen and oxygen atoms in total. The quantitative estimate of drug-likeness (QED) is 0.638. The van der Waals surface area contributed by atoms with E-state index in [4.69, 9.17) is 0 Å². The predicted molar refractivity (Wildman–Crippen MR) is 109 cm³/mol. The van der Waals surface area contributed by atoms with Crippen molar-refractivity contribution in [1.82, 2.24) is 19.1 Å². The fourth-order valence-electron chi connectivity index (χ4n) is 3.91. The Labute approximate surface area is 172 Å². The van der Waals surface area contributed by atoms with E-state index in [0.29, 0.717) is 31.0 Å². The van der Waals surface area contributed by atoms with Crippen molar-refractivity contribution in [1.29, 1.82) is 0 Å². The van der Waals surface area contributed by atoms with Crippen LogP contribution in [0.1, 0.15) is 18.9 Å². The number of rotatable bonds is 5. The molecule has 0 bridgehead atoms. The van der Waals surface area contributed by atoms with Crippen molar-refractivity contribution in [3.63, 3.8) is 0 Å². The smallest absolute Gasteiger partial charge is 0.369 e. The summed E-state index contributed by atoms with van der Waals surface area (Å²) in [6.45, 7) is 5.49. The van der Waals surface area contributed by atoms with Crippen molar-refractivity contribution in [3.05, 3.63) is 64.7 Å². The monoisotopic (exact) mass is 419 g/mol. The van der Waals surface area contributed by atoms with Gasteiger partial charge in [-0.2, -0.15) is 13.2 Å². The number of halogens is 3. The maximum Gasteiger partial charge on any atom is 0.416 e. The normalized spacial score (nSPS) is 16.9. The van der Waals surface area contributed by atoms with Crippen LogP contribution in [0.25, 0.3) is 5.65 Å². The third-order valence-electron chi connectivity index (χ3n) is 5.72. The molecule has 9 heteroatoms. The van der Waals surface area contributed by atoms with Crippen LogP contribution in [0.4, 0.5) is 18.9 Å². The SMILES string of the molecule is CC(CCn1nc2ccccn2c1=O)N1CCN(c2cccc(C(F)(F)F)c2)CC1. The van der Waals surface area contributed by atoms with E-state index >= 15 is 0 Å². The van der Waals surface area contributed by atoms with Gasteiger partial charge in [-0.1, -0.05) is 12.1 Å². The summed E-state index contributed by atoms with van der Waals surface area (Å²) in [7, 11) is 0. The second-order valence-corrected chi connectivity index (χ2v) is 7.64.